The highest BCUT2D eigenvalue weighted by molar-refractivity contribution is 5.90. The summed E-state index contributed by atoms with van der Waals surface area (Å²) in [4.78, 5) is 27.6. The molecule has 0 saturated carbocycles. The number of anilines is 1. The van der Waals surface area contributed by atoms with Gasteiger partial charge in [0, 0.05) is 13.1 Å². The molecule has 1 aromatic carbocycles. The monoisotopic (exact) mass is 297 g/mol. The molecule has 0 fully saturated rings. The normalized spacial score (nSPS) is 11.5. The maximum absolute atomic E-state index is 12.2. The molecule has 1 atom stereocenters. The van der Waals surface area contributed by atoms with Crippen LogP contribution >= 0.6 is 0 Å². The van der Waals surface area contributed by atoms with Gasteiger partial charge >= 0.3 is 0 Å². The molecule has 1 heterocycles. The van der Waals surface area contributed by atoms with Crippen LogP contribution in [0.25, 0.3) is 0 Å². The number of nitrogens with zero attached hydrogens (tertiary/aromatic N) is 1. The Labute approximate surface area is 129 Å². The lowest BCUT2D eigenvalue weighted by Crippen LogP contribution is -2.29. The van der Waals surface area contributed by atoms with Gasteiger partial charge in [0.05, 0.1) is 12.5 Å². The van der Waals surface area contributed by atoms with E-state index < -0.39 is 0 Å². The zero-order valence-electron chi connectivity index (χ0n) is 12.7. The van der Waals surface area contributed by atoms with E-state index >= 15 is 0 Å². The number of pyridine rings is 1. The minimum atomic E-state index is -0.357. The summed E-state index contributed by atoms with van der Waals surface area (Å²) >= 11 is 0. The third kappa shape index (κ3) is 4.70. The smallest absolute Gasteiger partial charge is 0.227 e. The van der Waals surface area contributed by atoms with Crippen LogP contribution < -0.4 is 10.6 Å². The molecule has 22 heavy (non-hydrogen) atoms. The molecule has 1 aromatic heterocycles. The molecular formula is C17H19N3O2. The molecule has 114 valence electrons. The van der Waals surface area contributed by atoms with Crippen LogP contribution in [0.3, 0.4) is 0 Å². The summed E-state index contributed by atoms with van der Waals surface area (Å²) in [6.07, 6.45) is 1.84. The Morgan fingerprint density at radius 2 is 1.86 bits per heavy atom. The van der Waals surface area contributed by atoms with Crippen LogP contribution in [0.4, 0.5) is 5.82 Å². The number of aromatic nitrogens is 1. The van der Waals surface area contributed by atoms with Crippen LogP contribution in [0.2, 0.25) is 0 Å². The molecule has 2 amide bonds. The summed E-state index contributed by atoms with van der Waals surface area (Å²) < 4.78 is 0. The van der Waals surface area contributed by atoms with E-state index in [1.165, 1.54) is 6.92 Å². The van der Waals surface area contributed by atoms with Crippen molar-refractivity contribution in [2.24, 2.45) is 0 Å². The van der Waals surface area contributed by atoms with Gasteiger partial charge in [-0.3, -0.25) is 9.59 Å². The Balaban J connectivity index is 2.04. The Kier molecular flexibility index (Phi) is 5.25. The predicted octanol–water partition coefficient (Wildman–Crippen LogP) is 2.60. The summed E-state index contributed by atoms with van der Waals surface area (Å²) in [6.45, 7) is 3.37. The second-order valence-corrected chi connectivity index (χ2v) is 5.14. The Morgan fingerprint density at radius 3 is 2.45 bits per heavy atom. The molecule has 2 aromatic rings. The van der Waals surface area contributed by atoms with Crippen molar-refractivity contribution in [1.82, 2.24) is 10.3 Å². The van der Waals surface area contributed by atoms with E-state index in [1.807, 2.05) is 43.3 Å². The van der Waals surface area contributed by atoms with Crippen molar-refractivity contribution in [2.45, 2.75) is 26.3 Å². The van der Waals surface area contributed by atoms with Crippen LogP contribution in [0.1, 0.15) is 30.5 Å². The highest BCUT2D eigenvalue weighted by Gasteiger charge is 2.17. The van der Waals surface area contributed by atoms with E-state index in [2.05, 4.69) is 15.6 Å². The van der Waals surface area contributed by atoms with Crippen LogP contribution in [-0.4, -0.2) is 16.8 Å². The number of rotatable bonds is 5. The topological polar surface area (TPSA) is 71.1 Å². The van der Waals surface area contributed by atoms with Crippen LogP contribution in [-0.2, 0) is 9.59 Å². The van der Waals surface area contributed by atoms with E-state index in [0.29, 0.717) is 5.82 Å². The second kappa shape index (κ2) is 7.36. The summed E-state index contributed by atoms with van der Waals surface area (Å²) in [6, 6.07) is 12.7. The zero-order valence-corrected chi connectivity index (χ0v) is 12.7. The third-order valence-corrected chi connectivity index (χ3v) is 3.15. The molecule has 0 radical (unpaired) electrons. The SMILES string of the molecule is CC(=O)N[C@H](CC(=O)Nc1ccc(C)cn1)c1ccccc1. The summed E-state index contributed by atoms with van der Waals surface area (Å²) in [5, 5.41) is 5.54. The molecule has 0 spiro atoms. The predicted molar refractivity (Wildman–Crippen MR) is 85.2 cm³/mol. The van der Waals surface area contributed by atoms with E-state index in [0.717, 1.165) is 11.1 Å². The lowest BCUT2D eigenvalue weighted by atomic mass is 10.0. The fraction of sp³-hybridized carbons (Fsp3) is 0.235. The van der Waals surface area contributed by atoms with Crippen molar-refractivity contribution >= 4 is 17.6 Å². The van der Waals surface area contributed by atoms with Crippen LogP contribution in [0.15, 0.2) is 48.7 Å². The van der Waals surface area contributed by atoms with Gasteiger partial charge in [0.15, 0.2) is 0 Å². The minimum Gasteiger partial charge on any atom is -0.349 e. The molecule has 0 aliphatic carbocycles. The molecule has 0 aliphatic rings. The first-order valence-corrected chi connectivity index (χ1v) is 7.09. The molecule has 0 unspecified atom stereocenters. The molecule has 0 aliphatic heterocycles. The average Bonchev–Trinajstić information content (AvgIpc) is 2.49. The minimum absolute atomic E-state index is 0.152. The second-order valence-electron chi connectivity index (χ2n) is 5.14. The fourth-order valence-electron chi connectivity index (χ4n) is 2.10. The summed E-state index contributed by atoms with van der Waals surface area (Å²) in [5.74, 6) is 0.138. The van der Waals surface area contributed by atoms with Gasteiger partial charge < -0.3 is 10.6 Å². The Bertz CT molecular complexity index is 639. The first-order valence-electron chi connectivity index (χ1n) is 7.09. The van der Waals surface area contributed by atoms with E-state index in [9.17, 15) is 9.59 Å². The number of aryl methyl sites for hydroxylation is 1. The van der Waals surface area contributed by atoms with Crippen molar-refractivity contribution in [3.63, 3.8) is 0 Å². The highest BCUT2D eigenvalue weighted by Crippen LogP contribution is 2.17. The van der Waals surface area contributed by atoms with Crippen molar-refractivity contribution in [3.05, 3.63) is 59.8 Å². The highest BCUT2D eigenvalue weighted by atomic mass is 16.2. The molecule has 2 N–H and O–H groups in total. The number of carbonyl (C=O) groups is 2. The number of benzene rings is 1. The molecular weight excluding hydrogens is 278 g/mol. The maximum Gasteiger partial charge on any atom is 0.227 e. The standard InChI is InChI=1S/C17H19N3O2/c1-12-8-9-16(18-11-12)20-17(22)10-15(19-13(2)21)14-6-4-3-5-7-14/h3-9,11,15H,10H2,1-2H3,(H,19,21)(H,18,20,22)/t15-/m1/s1. The van der Waals surface area contributed by atoms with Gasteiger partial charge in [-0.1, -0.05) is 36.4 Å². The molecule has 0 bridgehead atoms. The zero-order chi connectivity index (χ0) is 15.9. The number of hydrogen-bond acceptors (Lipinski definition) is 3. The lowest BCUT2D eigenvalue weighted by Gasteiger charge is -2.18. The molecule has 2 rings (SSSR count). The number of hydrogen-bond donors (Lipinski definition) is 2. The molecule has 0 saturated heterocycles. The van der Waals surface area contributed by atoms with Gasteiger partial charge in [0.1, 0.15) is 5.82 Å². The first kappa shape index (κ1) is 15.7. The van der Waals surface area contributed by atoms with Gasteiger partial charge in [-0.25, -0.2) is 4.98 Å². The van der Waals surface area contributed by atoms with Crippen molar-refractivity contribution < 1.29 is 9.59 Å². The number of nitrogens with one attached hydrogen (secondary N) is 2. The van der Waals surface area contributed by atoms with Crippen molar-refractivity contribution in [2.75, 3.05) is 5.32 Å². The average molecular weight is 297 g/mol. The van der Waals surface area contributed by atoms with Gasteiger partial charge in [-0.2, -0.15) is 0 Å². The maximum atomic E-state index is 12.2. The summed E-state index contributed by atoms with van der Waals surface area (Å²) in [5.41, 5.74) is 1.92. The molecule has 5 heteroatoms. The quantitative estimate of drug-likeness (QED) is 0.891. The van der Waals surface area contributed by atoms with E-state index in [1.54, 1.807) is 12.3 Å². The summed E-state index contributed by atoms with van der Waals surface area (Å²) in [7, 11) is 0. The number of carbonyl (C=O) groups excluding carboxylic acids is 2. The first-order chi connectivity index (χ1) is 10.5. The lowest BCUT2D eigenvalue weighted by molar-refractivity contribution is -0.120. The Hall–Kier alpha value is -2.69. The van der Waals surface area contributed by atoms with Gasteiger partial charge in [-0.15, -0.1) is 0 Å². The Morgan fingerprint density at radius 1 is 1.14 bits per heavy atom. The third-order valence-electron chi connectivity index (χ3n) is 3.15. The fourth-order valence-corrected chi connectivity index (χ4v) is 2.10. The van der Waals surface area contributed by atoms with Crippen LogP contribution in [0.5, 0.6) is 0 Å². The van der Waals surface area contributed by atoms with E-state index in [-0.39, 0.29) is 24.3 Å². The van der Waals surface area contributed by atoms with Crippen molar-refractivity contribution in [3.8, 4) is 0 Å². The van der Waals surface area contributed by atoms with Gasteiger partial charge in [-0.05, 0) is 24.1 Å². The van der Waals surface area contributed by atoms with E-state index in [4.69, 9.17) is 0 Å². The number of amides is 2. The van der Waals surface area contributed by atoms with Crippen LogP contribution in [0, 0.1) is 6.92 Å². The van der Waals surface area contributed by atoms with Gasteiger partial charge in [0.25, 0.3) is 0 Å². The largest absolute Gasteiger partial charge is 0.349 e. The van der Waals surface area contributed by atoms with Crippen molar-refractivity contribution in [1.29, 1.82) is 0 Å². The van der Waals surface area contributed by atoms with Gasteiger partial charge in [0.2, 0.25) is 11.8 Å². The molecule has 5 nitrogen and oxygen atoms in total.